The Kier molecular flexibility index (Phi) is 10.1. The molecule has 1 unspecified atom stereocenters. The summed E-state index contributed by atoms with van der Waals surface area (Å²) in [6.07, 6.45) is 10.3. The highest BCUT2D eigenvalue weighted by atomic mass is 16.5. The summed E-state index contributed by atoms with van der Waals surface area (Å²) in [5, 5.41) is 9.26. The van der Waals surface area contributed by atoms with Crippen molar-refractivity contribution in [2.75, 3.05) is 45.9 Å². The number of urea groups is 1. The number of rotatable bonds is 8. The number of nitriles is 1. The van der Waals surface area contributed by atoms with E-state index in [0.717, 1.165) is 88.9 Å². The van der Waals surface area contributed by atoms with Gasteiger partial charge in [0.25, 0.3) is 5.91 Å². The van der Waals surface area contributed by atoms with Crippen molar-refractivity contribution >= 4 is 11.9 Å². The van der Waals surface area contributed by atoms with Crippen LogP contribution in [0.1, 0.15) is 104 Å². The Bertz CT molecular complexity index is 1430. The number of carbonyl (C=O) groups excluding carboxylic acids is 2. The molecule has 0 radical (unpaired) electrons. The second-order valence-electron chi connectivity index (χ2n) is 14.4. The van der Waals surface area contributed by atoms with Gasteiger partial charge in [-0.2, -0.15) is 5.26 Å². The van der Waals surface area contributed by atoms with Gasteiger partial charge in [-0.25, -0.2) is 9.78 Å². The number of aromatic nitrogens is 2. The Morgan fingerprint density at radius 3 is 2.40 bits per heavy atom. The normalized spacial score (nSPS) is 25.6. The second-order valence-corrected chi connectivity index (χ2v) is 14.4. The van der Waals surface area contributed by atoms with Crippen molar-refractivity contribution in [3.63, 3.8) is 0 Å². The lowest BCUT2D eigenvalue weighted by molar-refractivity contribution is 0.00473. The first kappa shape index (κ1) is 33.4. The molecular weight excluding hydrogens is 590 g/mol. The summed E-state index contributed by atoms with van der Waals surface area (Å²) in [5.41, 5.74) is 3.39. The highest BCUT2D eigenvalue weighted by Gasteiger charge is 2.46. The zero-order chi connectivity index (χ0) is 33.1. The fourth-order valence-electron chi connectivity index (χ4n) is 8.63. The third-order valence-electron chi connectivity index (χ3n) is 11.4. The number of piperidine rings is 2. The minimum absolute atomic E-state index is 0.0104. The lowest BCUT2D eigenvalue weighted by atomic mass is 9.85. The topological polar surface area (TPSA) is 106 Å². The molecule has 3 aliphatic heterocycles. The Balaban J connectivity index is 1.07. The fourth-order valence-corrected chi connectivity index (χ4v) is 8.63. The van der Waals surface area contributed by atoms with E-state index in [9.17, 15) is 14.9 Å². The Hall–Kier alpha value is -3.55. The van der Waals surface area contributed by atoms with Gasteiger partial charge in [0, 0.05) is 63.7 Å². The molecule has 3 amide bonds. The van der Waals surface area contributed by atoms with Crippen LogP contribution in [0.15, 0.2) is 30.5 Å². The number of likely N-dealkylation sites (tertiary alicyclic amines) is 2. The van der Waals surface area contributed by atoms with Gasteiger partial charge in [-0.3, -0.25) is 14.7 Å². The molecule has 3 saturated heterocycles. The van der Waals surface area contributed by atoms with Crippen LogP contribution in [0, 0.1) is 31.1 Å². The Labute approximate surface area is 280 Å². The minimum atomic E-state index is -0.0199. The first-order chi connectivity index (χ1) is 22.7. The molecule has 6 rings (SSSR count). The van der Waals surface area contributed by atoms with Crippen LogP contribution >= 0.6 is 0 Å². The lowest BCUT2D eigenvalue weighted by Gasteiger charge is -2.50. The van der Waals surface area contributed by atoms with Gasteiger partial charge in [-0.15, -0.1) is 0 Å². The number of ether oxygens (including phenoxy) is 1. The molecule has 4 fully saturated rings. The molecule has 0 bridgehead atoms. The van der Waals surface area contributed by atoms with Crippen LogP contribution in [-0.2, 0) is 4.74 Å². The number of pyridine rings is 2. The third-order valence-corrected chi connectivity index (χ3v) is 11.4. The van der Waals surface area contributed by atoms with Crippen LogP contribution in [0.25, 0.3) is 0 Å². The number of nitrogens with zero attached hydrogens (tertiary/aromatic N) is 7. The maximum atomic E-state index is 14.1. The van der Waals surface area contributed by atoms with E-state index in [-0.39, 0.29) is 29.6 Å². The van der Waals surface area contributed by atoms with E-state index in [1.165, 1.54) is 0 Å². The monoisotopic (exact) mass is 641 g/mol. The average Bonchev–Trinajstić information content (AvgIpc) is 3.41. The van der Waals surface area contributed by atoms with Crippen molar-refractivity contribution in [1.82, 2.24) is 29.6 Å². The molecule has 47 heavy (non-hydrogen) atoms. The van der Waals surface area contributed by atoms with Gasteiger partial charge < -0.3 is 19.4 Å². The van der Waals surface area contributed by atoms with Crippen LogP contribution < -0.4 is 0 Å². The van der Waals surface area contributed by atoms with E-state index < -0.39 is 0 Å². The molecule has 1 atom stereocenters. The molecule has 4 aliphatic rings. The second kappa shape index (κ2) is 14.3. The summed E-state index contributed by atoms with van der Waals surface area (Å²) in [6.45, 7) is 13.7. The zero-order valence-electron chi connectivity index (χ0n) is 28.7. The van der Waals surface area contributed by atoms with Crippen LogP contribution in [0.4, 0.5) is 4.79 Å². The first-order valence-corrected chi connectivity index (χ1v) is 17.7. The summed E-state index contributed by atoms with van der Waals surface area (Å²) in [6, 6.07) is 10.2. The van der Waals surface area contributed by atoms with Gasteiger partial charge in [-0.1, -0.05) is 6.07 Å². The summed E-state index contributed by atoms with van der Waals surface area (Å²) >= 11 is 0. The van der Waals surface area contributed by atoms with Crippen LogP contribution in [-0.4, -0.2) is 105 Å². The zero-order valence-corrected chi connectivity index (χ0v) is 28.7. The Morgan fingerprint density at radius 1 is 1.06 bits per heavy atom. The van der Waals surface area contributed by atoms with Gasteiger partial charge >= 0.3 is 6.03 Å². The molecule has 0 aromatic carbocycles. The number of carbonyl (C=O) groups is 2. The molecule has 1 aliphatic carbocycles. The number of hydrogen-bond acceptors (Lipinski definition) is 7. The smallest absolute Gasteiger partial charge is 0.320 e. The summed E-state index contributed by atoms with van der Waals surface area (Å²) in [5.74, 6) is 0.540. The number of aryl methyl sites for hydroxylation is 2. The van der Waals surface area contributed by atoms with Gasteiger partial charge in [0.05, 0.1) is 29.1 Å². The molecular formula is C37H51N7O3. The van der Waals surface area contributed by atoms with E-state index in [1.54, 1.807) is 6.07 Å². The number of amides is 3. The van der Waals surface area contributed by atoms with Gasteiger partial charge in [-0.05, 0) is 109 Å². The van der Waals surface area contributed by atoms with Crippen molar-refractivity contribution in [3.05, 3.63) is 58.7 Å². The van der Waals surface area contributed by atoms with Crippen LogP contribution in [0.2, 0.25) is 0 Å². The molecule has 5 heterocycles. The molecule has 2 aromatic heterocycles. The molecule has 0 spiro atoms. The van der Waals surface area contributed by atoms with Gasteiger partial charge in [0.1, 0.15) is 11.8 Å². The fraction of sp³-hybridized carbons (Fsp3) is 0.649. The highest BCUT2D eigenvalue weighted by molar-refractivity contribution is 5.96. The molecule has 10 heteroatoms. The third kappa shape index (κ3) is 7.02. The summed E-state index contributed by atoms with van der Waals surface area (Å²) in [4.78, 5) is 45.5. The van der Waals surface area contributed by atoms with Crippen LogP contribution in [0.3, 0.4) is 0 Å². The summed E-state index contributed by atoms with van der Waals surface area (Å²) < 4.78 is 5.87. The van der Waals surface area contributed by atoms with E-state index in [4.69, 9.17) is 9.72 Å². The standard InChI is InChI=1S/C37H51N7O3/c1-5-47-31-11-9-28(10-12-31)24-42-25-33(32-8-6-7-17-39-32)44(36(42)46)30-13-18-43(19-14-30)37(4)15-20-41(21-16-37)35(45)34-26(2)22-29(23-38)40-27(34)3/h6-8,17,22,28,30-31,33H,5,9-16,18-21,24-25H2,1-4H3/t28-,31-,33?. The summed E-state index contributed by atoms with van der Waals surface area (Å²) in [7, 11) is 0. The minimum Gasteiger partial charge on any atom is -0.379 e. The molecule has 2 aromatic rings. The predicted molar refractivity (Wildman–Crippen MR) is 180 cm³/mol. The average molecular weight is 642 g/mol. The number of hydrogen-bond donors (Lipinski definition) is 0. The predicted octanol–water partition coefficient (Wildman–Crippen LogP) is 5.50. The van der Waals surface area contributed by atoms with Crippen molar-refractivity contribution in [1.29, 1.82) is 5.26 Å². The SMILES string of the molecule is CCO[C@H]1CC[C@H](CN2CC(c3ccccn3)N(C3CCN(C4(C)CCN(C(=O)c5c(C)cc(C#N)nc5C)CC4)CC3)C2=O)CC1. The lowest BCUT2D eigenvalue weighted by Crippen LogP contribution is -2.58. The van der Waals surface area contributed by atoms with Crippen molar-refractivity contribution in [3.8, 4) is 6.07 Å². The largest absolute Gasteiger partial charge is 0.379 e. The van der Waals surface area contributed by atoms with E-state index in [2.05, 4.69) is 45.7 Å². The van der Waals surface area contributed by atoms with Crippen molar-refractivity contribution in [2.45, 2.75) is 103 Å². The van der Waals surface area contributed by atoms with Crippen LogP contribution in [0.5, 0.6) is 0 Å². The first-order valence-electron chi connectivity index (χ1n) is 17.7. The van der Waals surface area contributed by atoms with Gasteiger partial charge in [0.15, 0.2) is 0 Å². The van der Waals surface area contributed by atoms with E-state index >= 15 is 0 Å². The molecule has 10 nitrogen and oxygen atoms in total. The van der Waals surface area contributed by atoms with Crippen molar-refractivity contribution < 1.29 is 14.3 Å². The van der Waals surface area contributed by atoms with Gasteiger partial charge in [0.2, 0.25) is 0 Å². The quantitative estimate of drug-likeness (QED) is 0.375. The molecule has 0 N–H and O–H groups in total. The van der Waals surface area contributed by atoms with E-state index in [1.807, 2.05) is 37.1 Å². The maximum Gasteiger partial charge on any atom is 0.320 e. The Morgan fingerprint density at radius 2 is 1.79 bits per heavy atom. The molecule has 1 saturated carbocycles. The van der Waals surface area contributed by atoms with Crippen molar-refractivity contribution in [2.24, 2.45) is 5.92 Å². The highest BCUT2D eigenvalue weighted by Crippen LogP contribution is 2.38. The molecule has 252 valence electrons. The van der Waals surface area contributed by atoms with E-state index in [0.29, 0.717) is 48.6 Å². The maximum absolute atomic E-state index is 14.1.